The van der Waals surface area contributed by atoms with Crippen LogP contribution in [-0.2, 0) is 11.3 Å². The number of nitrogens with zero attached hydrogens (tertiary/aromatic N) is 2. The minimum absolute atomic E-state index is 0.0793. The van der Waals surface area contributed by atoms with E-state index in [1.165, 1.54) is 6.07 Å². The largest absolute Gasteiger partial charge is 0.345 e. The maximum atomic E-state index is 14.8. The number of nitrogens with one attached hydrogen (secondary N) is 3. The number of amides is 1. The minimum Gasteiger partial charge on any atom is -0.345 e. The van der Waals surface area contributed by atoms with Crippen LogP contribution in [0, 0.1) is 5.82 Å². The first-order valence-corrected chi connectivity index (χ1v) is 11.7. The average molecular weight is 506 g/mol. The quantitative estimate of drug-likeness (QED) is 0.407. The van der Waals surface area contributed by atoms with Crippen LogP contribution in [0.5, 0.6) is 0 Å². The van der Waals surface area contributed by atoms with Gasteiger partial charge in [-0.05, 0) is 60.4 Å². The van der Waals surface area contributed by atoms with Gasteiger partial charge in [0.2, 0.25) is 0 Å². The van der Waals surface area contributed by atoms with Crippen LogP contribution in [0.2, 0.25) is 5.02 Å². The molecule has 3 N–H and O–H groups in total. The minimum atomic E-state index is -0.436. The van der Waals surface area contributed by atoms with Gasteiger partial charge in [0.1, 0.15) is 11.6 Å². The highest BCUT2D eigenvalue weighted by Gasteiger charge is 2.20. The van der Waals surface area contributed by atoms with E-state index < -0.39 is 5.69 Å². The predicted octanol–water partition coefficient (Wildman–Crippen LogP) is 5.28. The van der Waals surface area contributed by atoms with Crippen LogP contribution in [0.4, 0.5) is 4.39 Å². The Bertz CT molecular complexity index is 1480. The molecule has 0 fully saturated rings. The summed E-state index contributed by atoms with van der Waals surface area (Å²) < 4.78 is 14.8. The van der Waals surface area contributed by atoms with Crippen molar-refractivity contribution in [3.05, 3.63) is 117 Å². The molecule has 184 valence electrons. The fourth-order valence-corrected chi connectivity index (χ4v) is 4.31. The Hall–Kier alpha value is -4.17. The SMILES string of the molecule is C=C1C=C(C(=O)NCc2n[nH]c(=O)[nH]2)C=CN1/C(C)=C(\CC)c1ccccc1-c1ccc(Cl)cc1F. The van der Waals surface area contributed by atoms with Crippen molar-refractivity contribution in [2.24, 2.45) is 0 Å². The Morgan fingerprint density at radius 1 is 1.22 bits per heavy atom. The van der Waals surface area contributed by atoms with Crippen molar-refractivity contribution in [3.63, 3.8) is 0 Å². The predicted molar refractivity (Wildman–Crippen MR) is 139 cm³/mol. The molecule has 0 unspecified atom stereocenters. The van der Waals surface area contributed by atoms with Gasteiger partial charge in [-0.2, -0.15) is 5.10 Å². The zero-order chi connectivity index (χ0) is 25.8. The number of benzene rings is 2. The molecular formula is C27H25ClFN5O2. The van der Waals surface area contributed by atoms with E-state index >= 15 is 0 Å². The van der Waals surface area contributed by atoms with Crippen LogP contribution in [0.3, 0.4) is 0 Å². The summed E-state index contributed by atoms with van der Waals surface area (Å²) in [7, 11) is 0. The number of rotatable bonds is 7. The normalized spacial score (nSPS) is 13.9. The fourth-order valence-electron chi connectivity index (χ4n) is 4.15. The molecule has 7 nitrogen and oxygen atoms in total. The van der Waals surface area contributed by atoms with Gasteiger partial charge < -0.3 is 10.2 Å². The monoisotopic (exact) mass is 505 g/mol. The molecule has 1 aliphatic rings. The molecule has 1 aliphatic heterocycles. The van der Waals surface area contributed by atoms with Crippen molar-refractivity contribution in [3.8, 4) is 11.1 Å². The third-order valence-corrected chi connectivity index (χ3v) is 6.12. The van der Waals surface area contributed by atoms with E-state index in [0.717, 1.165) is 22.4 Å². The van der Waals surface area contributed by atoms with Crippen LogP contribution < -0.4 is 11.0 Å². The first-order valence-electron chi connectivity index (χ1n) is 11.3. The molecule has 2 aromatic carbocycles. The topological polar surface area (TPSA) is 93.9 Å². The summed E-state index contributed by atoms with van der Waals surface area (Å²) in [4.78, 5) is 28.1. The van der Waals surface area contributed by atoms with Gasteiger partial charge in [0.05, 0.1) is 6.54 Å². The number of H-pyrrole nitrogens is 2. The number of hydrogen-bond donors (Lipinski definition) is 3. The molecule has 9 heteroatoms. The molecule has 0 saturated carbocycles. The number of allylic oxidation sites excluding steroid dienone is 3. The Balaban J connectivity index is 1.60. The van der Waals surface area contributed by atoms with Crippen molar-refractivity contribution >= 4 is 23.1 Å². The van der Waals surface area contributed by atoms with Crippen LogP contribution in [-0.4, -0.2) is 26.0 Å². The lowest BCUT2D eigenvalue weighted by Gasteiger charge is -2.28. The molecule has 1 aromatic heterocycles. The zero-order valence-electron chi connectivity index (χ0n) is 19.9. The van der Waals surface area contributed by atoms with Gasteiger partial charge in [0.15, 0.2) is 0 Å². The Kier molecular flexibility index (Phi) is 7.36. The summed E-state index contributed by atoms with van der Waals surface area (Å²) in [5.74, 6) is -0.379. The van der Waals surface area contributed by atoms with Crippen molar-refractivity contribution in [1.82, 2.24) is 25.4 Å². The summed E-state index contributed by atoms with van der Waals surface area (Å²) >= 11 is 5.96. The molecule has 0 aliphatic carbocycles. The Morgan fingerprint density at radius 3 is 2.67 bits per heavy atom. The number of carbonyl (C=O) groups is 1. The van der Waals surface area contributed by atoms with Crippen molar-refractivity contribution in [1.29, 1.82) is 0 Å². The summed E-state index contributed by atoms with van der Waals surface area (Å²) in [6, 6.07) is 12.3. The van der Waals surface area contributed by atoms with E-state index in [0.29, 0.717) is 34.1 Å². The molecule has 0 bridgehead atoms. The number of aromatic nitrogens is 3. The second-order valence-electron chi connectivity index (χ2n) is 8.17. The number of hydrogen-bond acceptors (Lipinski definition) is 4. The highest BCUT2D eigenvalue weighted by molar-refractivity contribution is 6.30. The molecule has 4 rings (SSSR count). The van der Waals surface area contributed by atoms with Crippen LogP contribution in [0.25, 0.3) is 16.7 Å². The molecule has 0 saturated heterocycles. The number of carbonyl (C=O) groups excluding carboxylic acids is 1. The highest BCUT2D eigenvalue weighted by Crippen LogP contribution is 2.36. The standard InChI is InChI=1S/C27H25ClFN5O2/c1-4-20(21-7-5-6-8-22(21)23-10-9-19(28)14-24(23)29)17(3)34-12-11-18(13-16(34)2)26(35)30-15-25-31-27(36)33-32-25/h5-14H,2,4,15H2,1,3H3,(H,30,35)(H2,31,32,33,36)/b20-17+. The van der Waals surface area contributed by atoms with Crippen LogP contribution >= 0.6 is 11.6 Å². The fraction of sp³-hybridized carbons (Fsp3) is 0.148. The molecule has 2 heterocycles. The summed E-state index contributed by atoms with van der Waals surface area (Å²) in [6.45, 7) is 8.22. The maximum Gasteiger partial charge on any atom is 0.340 e. The molecule has 36 heavy (non-hydrogen) atoms. The van der Waals surface area contributed by atoms with Gasteiger partial charge in [-0.25, -0.2) is 14.3 Å². The lowest BCUT2D eigenvalue weighted by molar-refractivity contribution is -0.117. The second kappa shape index (κ2) is 10.6. The van der Waals surface area contributed by atoms with E-state index in [9.17, 15) is 14.0 Å². The summed E-state index contributed by atoms with van der Waals surface area (Å²) in [5, 5.41) is 9.08. The van der Waals surface area contributed by atoms with E-state index in [2.05, 4.69) is 27.1 Å². The van der Waals surface area contributed by atoms with Gasteiger partial charge in [0.25, 0.3) is 5.91 Å². The van der Waals surface area contributed by atoms with Crippen molar-refractivity contribution < 1.29 is 9.18 Å². The molecule has 0 atom stereocenters. The highest BCUT2D eigenvalue weighted by atomic mass is 35.5. The van der Waals surface area contributed by atoms with E-state index in [-0.39, 0.29) is 18.3 Å². The van der Waals surface area contributed by atoms with Crippen LogP contribution in [0.1, 0.15) is 31.7 Å². The molecule has 3 aromatic rings. The Morgan fingerprint density at radius 2 is 2.00 bits per heavy atom. The summed E-state index contributed by atoms with van der Waals surface area (Å²) in [6.07, 6.45) is 5.85. The van der Waals surface area contributed by atoms with Crippen molar-refractivity contribution in [2.75, 3.05) is 0 Å². The second-order valence-corrected chi connectivity index (χ2v) is 8.61. The van der Waals surface area contributed by atoms with E-state index in [1.807, 2.05) is 43.0 Å². The lowest BCUT2D eigenvalue weighted by atomic mass is 9.91. The third-order valence-electron chi connectivity index (χ3n) is 5.89. The maximum absolute atomic E-state index is 14.8. The number of halogens is 2. The van der Waals surface area contributed by atoms with Gasteiger partial charge in [-0.15, -0.1) is 0 Å². The van der Waals surface area contributed by atoms with Gasteiger partial charge in [-0.1, -0.05) is 49.4 Å². The van der Waals surface area contributed by atoms with Gasteiger partial charge >= 0.3 is 5.69 Å². The Labute approximate surface area is 212 Å². The molecule has 1 amide bonds. The zero-order valence-corrected chi connectivity index (χ0v) is 20.6. The lowest BCUT2D eigenvalue weighted by Crippen LogP contribution is -2.27. The van der Waals surface area contributed by atoms with E-state index in [4.69, 9.17) is 11.6 Å². The molecule has 0 radical (unpaired) electrons. The summed E-state index contributed by atoms with van der Waals surface area (Å²) in [5.41, 5.74) is 4.65. The first kappa shape index (κ1) is 24.9. The third kappa shape index (κ3) is 5.23. The van der Waals surface area contributed by atoms with Crippen LogP contribution in [0.15, 0.2) is 89.2 Å². The average Bonchev–Trinajstić information content (AvgIpc) is 3.28. The smallest absolute Gasteiger partial charge is 0.340 e. The van der Waals surface area contributed by atoms with Gasteiger partial charge in [-0.3, -0.25) is 9.78 Å². The number of aromatic amines is 2. The van der Waals surface area contributed by atoms with E-state index in [1.54, 1.807) is 30.5 Å². The molecule has 0 spiro atoms. The molecular weight excluding hydrogens is 481 g/mol. The van der Waals surface area contributed by atoms with Crippen molar-refractivity contribution in [2.45, 2.75) is 26.8 Å². The van der Waals surface area contributed by atoms with Gasteiger partial charge in [0, 0.05) is 33.8 Å². The first-order chi connectivity index (χ1) is 17.3.